The lowest BCUT2D eigenvalue weighted by atomic mass is 9.94. The van der Waals surface area contributed by atoms with Gasteiger partial charge >= 0.3 is 6.03 Å². The number of amides is 4. The van der Waals surface area contributed by atoms with Crippen molar-refractivity contribution < 1.29 is 14.4 Å². The smallest absolute Gasteiger partial charge is 0.319 e. The molecule has 1 aromatic carbocycles. The molecule has 0 atom stereocenters. The normalized spacial score (nSPS) is 18.1. The summed E-state index contributed by atoms with van der Waals surface area (Å²) in [6.07, 6.45) is 4.63. The molecule has 0 aromatic heterocycles. The van der Waals surface area contributed by atoms with Gasteiger partial charge in [0.2, 0.25) is 5.91 Å². The number of piperidine rings is 2. The second-order valence-corrected chi connectivity index (χ2v) is 8.37. The molecule has 29 heavy (non-hydrogen) atoms. The van der Waals surface area contributed by atoms with Crippen molar-refractivity contribution in [2.24, 2.45) is 5.92 Å². The van der Waals surface area contributed by atoms with Crippen molar-refractivity contribution in [1.82, 2.24) is 15.1 Å². The zero-order valence-corrected chi connectivity index (χ0v) is 17.4. The number of likely N-dealkylation sites (tertiary alicyclic amines) is 2. The van der Waals surface area contributed by atoms with Crippen molar-refractivity contribution in [3.8, 4) is 0 Å². The number of hydrogen-bond acceptors (Lipinski definition) is 3. The molecule has 2 fully saturated rings. The first-order chi connectivity index (χ1) is 13.9. The maximum Gasteiger partial charge on any atom is 0.319 e. The van der Waals surface area contributed by atoms with Crippen LogP contribution in [0, 0.1) is 5.92 Å². The van der Waals surface area contributed by atoms with Crippen LogP contribution in [0.4, 0.5) is 10.5 Å². The molecule has 158 valence electrons. The highest BCUT2D eigenvalue weighted by atomic mass is 16.2. The average Bonchev–Trinajstić information content (AvgIpc) is 2.69. The molecule has 0 saturated carbocycles. The molecule has 0 unspecified atom stereocenters. The van der Waals surface area contributed by atoms with Crippen LogP contribution in [-0.2, 0) is 4.79 Å². The van der Waals surface area contributed by atoms with Crippen molar-refractivity contribution in [1.29, 1.82) is 0 Å². The van der Waals surface area contributed by atoms with Crippen LogP contribution in [0.5, 0.6) is 0 Å². The number of anilines is 1. The van der Waals surface area contributed by atoms with Crippen molar-refractivity contribution in [3.63, 3.8) is 0 Å². The Kier molecular flexibility index (Phi) is 7.12. The molecule has 2 saturated heterocycles. The molecule has 7 nitrogen and oxygen atoms in total. The minimum Gasteiger partial charge on any atom is -0.342 e. The number of rotatable bonds is 5. The quantitative estimate of drug-likeness (QED) is 0.797. The summed E-state index contributed by atoms with van der Waals surface area (Å²) in [4.78, 5) is 40.7. The van der Waals surface area contributed by atoms with E-state index in [1.54, 1.807) is 24.3 Å². The lowest BCUT2D eigenvalue weighted by Crippen LogP contribution is -2.44. The minimum atomic E-state index is -0.280. The molecule has 2 heterocycles. The van der Waals surface area contributed by atoms with Crippen LogP contribution in [0.1, 0.15) is 56.3 Å². The Labute approximate surface area is 172 Å². The molecule has 0 radical (unpaired) electrons. The number of nitrogens with zero attached hydrogens (tertiary/aromatic N) is 2. The van der Waals surface area contributed by atoms with Gasteiger partial charge in [-0.2, -0.15) is 0 Å². The molecule has 0 spiro atoms. The molecule has 1 aromatic rings. The van der Waals surface area contributed by atoms with Crippen molar-refractivity contribution in [2.75, 3.05) is 31.5 Å². The van der Waals surface area contributed by atoms with E-state index >= 15 is 0 Å². The van der Waals surface area contributed by atoms with Crippen LogP contribution in [0.2, 0.25) is 0 Å². The predicted octanol–water partition coefficient (Wildman–Crippen LogP) is 3.08. The number of carbonyl (C=O) groups excluding carboxylic acids is 3. The Balaban J connectivity index is 1.52. The summed E-state index contributed by atoms with van der Waals surface area (Å²) in [6, 6.07) is 6.83. The third kappa shape index (κ3) is 5.95. The second kappa shape index (κ2) is 9.76. The summed E-state index contributed by atoms with van der Waals surface area (Å²) in [6.45, 7) is 6.90. The average molecular weight is 401 g/mol. The molecule has 3 rings (SSSR count). The fourth-order valence-corrected chi connectivity index (χ4v) is 4.03. The summed E-state index contributed by atoms with van der Waals surface area (Å²) < 4.78 is 0. The number of carbonyl (C=O) groups is 3. The SMILES string of the molecule is CC(C)NC(=O)Nc1cccc(C(=O)N2CCC(CN3CCCCC3=O)CC2)c1. The lowest BCUT2D eigenvalue weighted by Gasteiger charge is -2.36. The van der Waals surface area contributed by atoms with Crippen LogP contribution in [0.3, 0.4) is 0 Å². The van der Waals surface area contributed by atoms with E-state index in [4.69, 9.17) is 0 Å². The van der Waals surface area contributed by atoms with E-state index in [9.17, 15) is 14.4 Å². The van der Waals surface area contributed by atoms with Crippen molar-refractivity contribution >= 4 is 23.5 Å². The van der Waals surface area contributed by atoms with Gasteiger partial charge < -0.3 is 20.4 Å². The first-order valence-electron chi connectivity index (χ1n) is 10.7. The molecule has 0 aliphatic carbocycles. The molecule has 2 aliphatic rings. The highest BCUT2D eigenvalue weighted by Crippen LogP contribution is 2.23. The van der Waals surface area contributed by atoms with Crippen LogP contribution in [0.15, 0.2) is 24.3 Å². The van der Waals surface area contributed by atoms with Gasteiger partial charge in [0.05, 0.1) is 0 Å². The Morgan fingerprint density at radius 1 is 1.14 bits per heavy atom. The number of benzene rings is 1. The van der Waals surface area contributed by atoms with E-state index in [0.717, 1.165) is 38.8 Å². The molecule has 4 amide bonds. The summed E-state index contributed by atoms with van der Waals surface area (Å²) in [5.41, 5.74) is 1.18. The van der Waals surface area contributed by atoms with E-state index < -0.39 is 0 Å². The van der Waals surface area contributed by atoms with Gasteiger partial charge in [-0.05, 0) is 63.6 Å². The monoisotopic (exact) mass is 400 g/mol. The van der Waals surface area contributed by atoms with Crippen LogP contribution < -0.4 is 10.6 Å². The molecule has 7 heteroatoms. The van der Waals surface area contributed by atoms with Gasteiger partial charge in [0.15, 0.2) is 0 Å². The molecular weight excluding hydrogens is 368 g/mol. The number of nitrogens with one attached hydrogen (secondary N) is 2. The van der Waals surface area contributed by atoms with E-state index in [1.165, 1.54) is 0 Å². The van der Waals surface area contributed by atoms with Crippen LogP contribution >= 0.6 is 0 Å². The van der Waals surface area contributed by atoms with Gasteiger partial charge in [-0.1, -0.05) is 6.07 Å². The summed E-state index contributed by atoms with van der Waals surface area (Å²) in [5, 5.41) is 5.54. The number of urea groups is 1. The molecule has 2 N–H and O–H groups in total. The molecule has 2 aliphatic heterocycles. The Bertz CT molecular complexity index is 741. The topological polar surface area (TPSA) is 81.8 Å². The van der Waals surface area contributed by atoms with Gasteiger partial charge in [0.1, 0.15) is 0 Å². The van der Waals surface area contributed by atoms with Gasteiger partial charge in [-0.3, -0.25) is 9.59 Å². The van der Waals surface area contributed by atoms with Gasteiger partial charge in [0.25, 0.3) is 5.91 Å². The van der Waals surface area contributed by atoms with E-state index in [-0.39, 0.29) is 23.9 Å². The molecule has 0 bridgehead atoms. The Morgan fingerprint density at radius 3 is 2.59 bits per heavy atom. The zero-order valence-electron chi connectivity index (χ0n) is 17.4. The van der Waals surface area contributed by atoms with Crippen LogP contribution in [0.25, 0.3) is 0 Å². The van der Waals surface area contributed by atoms with E-state index in [0.29, 0.717) is 36.7 Å². The number of hydrogen-bond donors (Lipinski definition) is 2. The Hall–Kier alpha value is -2.57. The van der Waals surface area contributed by atoms with Crippen molar-refractivity contribution in [3.05, 3.63) is 29.8 Å². The standard InChI is InChI=1S/C22H32N4O3/c1-16(2)23-22(29)24-19-7-5-6-18(14-19)21(28)25-12-9-17(10-13-25)15-26-11-4-3-8-20(26)27/h5-7,14,16-17H,3-4,8-13,15H2,1-2H3,(H2,23,24,29). The fourth-order valence-electron chi connectivity index (χ4n) is 4.03. The van der Waals surface area contributed by atoms with E-state index in [1.807, 2.05) is 23.6 Å². The highest BCUT2D eigenvalue weighted by molar-refractivity contribution is 5.97. The fraction of sp³-hybridized carbons (Fsp3) is 0.591. The highest BCUT2D eigenvalue weighted by Gasteiger charge is 2.27. The first-order valence-corrected chi connectivity index (χ1v) is 10.7. The van der Waals surface area contributed by atoms with Crippen LogP contribution in [-0.4, -0.2) is 59.9 Å². The summed E-state index contributed by atoms with van der Waals surface area (Å²) in [7, 11) is 0. The predicted molar refractivity (Wildman–Crippen MR) is 113 cm³/mol. The summed E-state index contributed by atoms with van der Waals surface area (Å²) >= 11 is 0. The third-order valence-corrected chi connectivity index (χ3v) is 5.59. The van der Waals surface area contributed by atoms with Gasteiger partial charge in [0, 0.05) is 49.9 Å². The van der Waals surface area contributed by atoms with Gasteiger partial charge in [-0.25, -0.2) is 4.79 Å². The molecular formula is C22H32N4O3. The Morgan fingerprint density at radius 2 is 1.90 bits per heavy atom. The maximum absolute atomic E-state index is 12.9. The lowest BCUT2D eigenvalue weighted by molar-refractivity contribution is -0.134. The zero-order chi connectivity index (χ0) is 20.8. The third-order valence-electron chi connectivity index (χ3n) is 5.59. The second-order valence-electron chi connectivity index (χ2n) is 8.37. The summed E-state index contributed by atoms with van der Waals surface area (Å²) in [5.74, 6) is 0.736. The van der Waals surface area contributed by atoms with Gasteiger partial charge in [-0.15, -0.1) is 0 Å². The first kappa shape index (κ1) is 21.1. The van der Waals surface area contributed by atoms with E-state index in [2.05, 4.69) is 10.6 Å². The van der Waals surface area contributed by atoms with Crippen molar-refractivity contribution in [2.45, 2.75) is 52.0 Å². The largest absolute Gasteiger partial charge is 0.342 e. The minimum absolute atomic E-state index is 0.00887. The maximum atomic E-state index is 12.9.